The fraction of sp³-hybridized carbons (Fsp3) is 0. The smallest absolute Gasteiger partial charge is 0.275 e. The highest BCUT2D eigenvalue weighted by molar-refractivity contribution is 5.93. The van der Waals surface area contributed by atoms with Gasteiger partial charge in [-0.2, -0.15) is 0 Å². The predicted molar refractivity (Wildman–Crippen MR) is 84.9 cm³/mol. The number of hydrogen-bond donors (Lipinski definition) is 1. The molecule has 4 aromatic rings. The standard InChI is InChI=1S/C17H12N4O/c22-17-16-15(19-11-20-17)14(12-5-4-8-18-9-12)10-21(16)13-6-2-1-3-7-13/h1-11H,(H,19,20,22). The third kappa shape index (κ3) is 1.91. The molecule has 0 aliphatic carbocycles. The van der Waals surface area contributed by atoms with E-state index in [0.717, 1.165) is 16.8 Å². The monoisotopic (exact) mass is 288 g/mol. The average molecular weight is 288 g/mol. The van der Waals surface area contributed by atoms with Gasteiger partial charge in [-0.05, 0) is 18.2 Å². The Morgan fingerprint density at radius 1 is 1.05 bits per heavy atom. The van der Waals surface area contributed by atoms with E-state index in [4.69, 9.17) is 0 Å². The number of benzene rings is 1. The molecule has 5 heteroatoms. The molecule has 0 spiro atoms. The molecule has 0 aliphatic rings. The molecule has 0 amide bonds. The first-order valence-corrected chi connectivity index (χ1v) is 6.89. The molecule has 0 saturated heterocycles. The normalized spacial score (nSPS) is 10.9. The van der Waals surface area contributed by atoms with Crippen LogP contribution in [-0.2, 0) is 0 Å². The van der Waals surface area contributed by atoms with E-state index < -0.39 is 0 Å². The summed E-state index contributed by atoms with van der Waals surface area (Å²) in [6, 6.07) is 13.6. The second-order valence-corrected chi connectivity index (χ2v) is 4.92. The van der Waals surface area contributed by atoms with Crippen molar-refractivity contribution < 1.29 is 0 Å². The summed E-state index contributed by atoms with van der Waals surface area (Å²) in [5.74, 6) is 0. The zero-order chi connectivity index (χ0) is 14.9. The lowest BCUT2D eigenvalue weighted by Gasteiger charge is -2.03. The lowest BCUT2D eigenvalue weighted by molar-refractivity contribution is 1.08. The van der Waals surface area contributed by atoms with E-state index in [9.17, 15) is 4.79 Å². The van der Waals surface area contributed by atoms with Gasteiger partial charge < -0.3 is 9.55 Å². The Labute approximate surface area is 125 Å². The Morgan fingerprint density at radius 2 is 1.91 bits per heavy atom. The summed E-state index contributed by atoms with van der Waals surface area (Å²) >= 11 is 0. The maximum Gasteiger partial charge on any atom is 0.275 e. The largest absolute Gasteiger partial charge is 0.311 e. The quantitative estimate of drug-likeness (QED) is 0.617. The number of para-hydroxylation sites is 1. The van der Waals surface area contributed by atoms with Gasteiger partial charge in [-0.25, -0.2) is 4.98 Å². The van der Waals surface area contributed by atoms with Crippen molar-refractivity contribution in [2.24, 2.45) is 0 Å². The maximum atomic E-state index is 12.3. The summed E-state index contributed by atoms with van der Waals surface area (Å²) in [6.07, 6.45) is 6.85. The van der Waals surface area contributed by atoms with Crippen LogP contribution in [0, 0.1) is 0 Å². The Balaban J connectivity index is 2.09. The number of nitrogens with one attached hydrogen (secondary N) is 1. The molecule has 1 aromatic carbocycles. The molecule has 3 aromatic heterocycles. The van der Waals surface area contributed by atoms with Crippen LogP contribution in [-0.4, -0.2) is 19.5 Å². The zero-order valence-electron chi connectivity index (χ0n) is 11.6. The summed E-state index contributed by atoms with van der Waals surface area (Å²) in [7, 11) is 0. The molecule has 5 nitrogen and oxygen atoms in total. The lowest BCUT2D eigenvalue weighted by Crippen LogP contribution is -2.09. The molecule has 0 atom stereocenters. The number of H-pyrrole nitrogens is 1. The van der Waals surface area contributed by atoms with Crippen LogP contribution in [0.4, 0.5) is 0 Å². The van der Waals surface area contributed by atoms with Gasteiger partial charge in [0.2, 0.25) is 0 Å². The van der Waals surface area contributed by atoms with Crippen molar-refractivity contribution in [3.05, 3.63) is 77.7 Å². The van der Waals surface area contributed by atoms with Gasteiger partial charge in [0.05, 0.1) is 6.33 Å². The van der Waals surface area contributed by atoms with Crippen LogP contribution < -0.4 is 5.56 Å². The molecule has 4 rings (SSSR count). The van der Waals surface area contributed by atoms with Crippen molar-refractivity contribution in [3.63, 3.8) is 0 Å². The number of pyridine rings is 1. The maximum absolute atomic E-state index is 12.3. The van der Waals surface area contributed by atoms with E-state index in [1.54, 1.807) is 12.4 Å². The van der Waals surface area contributed by atoms with Gasteiger partial charge in [0.25, 0.3) is 5.56 Å². The first-order valence-electron chi connectivity index (χ1n) is 6.89. The fourth-order valence-electron chi connectivity index (χ4n) is 2.59. The van der Waals surface area contributed by atoms with Crippen LogP contribution in [0.2, 0.25) is 0 Å². The molecule has 0 saturated carbocycles. The lowest BCUT2D eigenvalue weighted by atomic mass is 10.1. The first kappa shape index (κ1) is 12.5. The number of aromatic amines is 1. The number of rotatable bonds is 2. The van der Waals surface area contributed by atoms with E-state index in [0.29, 0.717) is 11.0 Å². The van der Waals surface area contributed by atoms with Gasteiger partial charge in [-0.15, -0.1) is 0 Å². The number of aromatic nitrogens is 4. The van der Waals surface area contributed by atoms with Crippen molar-refractivity contribution in [1.29, 1.82) is 0 Å². The van der Waals surface area contributed by atoms with Gasteiger partial charge in [0, 0.05) is 35.4 Å². The van der Waals surface area contributed by atoms with E-state index in [-0.39, 0.29) is 5.56 Å². The average Bonchev–Trinajstić information content (AvgIpc) is 2.98. The highest BCUT2D eigenvalue weighted by Gasteiger charge is 2.15. The van der Waals surface area contributed by atoms with Gasteiger partial charge in [-0.1, -0.05) is 24.3 Å². The van der Waals surface area contributed by atoms with E-state index in [1.165, 1.54) is 6.33 Å². The van der Waals surface area contributed by atoms with Gasteiger partial charge in [0.1, 0.15) is 11.0 Å². The Kier molecular flexibility index (Phi) is 2.83. The Bertz CT molecular complexity index is 988. The summed E-state index contributed by atoms with van der Waals surface area (Å²) < 4.78 is 1.86. The summed E-state index contributed by atoms with van der Waals surface area (Å²) in [4.78, 5) is 23.4. The molecule has 0 radical (unpaired) electrons. The number of hydrogen-bond acceptors (Lipinski definition) is 3. The van der Waals surface area contributed by atoms with E-state index in [2.05, 4.69) is 15.0 Å². The minimum Gasteiger partial charge on any atom is -0.311 e. The summed E-state index contributed by atoms with van der Waals surface area (Å²) in [5.41, 5.74) is 3.77. The van der Waals surface area contributed by atoms with Crippen molar-refractivity contribution in [2.75, 3.05) is 0 Å². The molecule has 0 fully saturated rings. The van der Waals surface area contributed by atoms with Gasteiger partial charge in [-0.3, -0.25) is 9.78 Å². The predicted octanol–water partition coefficient (Wildman–Crippen LogP) is 2.78. The molecule has 1 N–H and O–H groups in total. The van der Waals surface area contributed by atoms with Crippen LogP contribution in [0.1, 0.15) is 0 Å². The zero-order valence-corrected chi connectivity index (χ0v) is 11.6. The minimum absolute atomic E-state index is 0.163. The van der Waals surface area contributed by atoms with E-state index >= 15 is 0 Å². The third-order valence-electron chi connectivity index (χ3n) is 3.59. The van der Waals surface area contributed by atoms with Crippen LogP contribution in [0.3, 0.4) is 0 Å². The van der Waals surface area contributed by atoms with Gasteiger partial charge in [0.15, 0.2) is 0 Å². The van der Waals surface area contributed by atoms with E-state index in [1.807, 2.05) is 53.2 Å². The molecule has 0 aliphatic heterocycles. The van der Waals surface area contributed by atoms with Crippen LogP contribution >= 0.6 is 0 Å². The molecule has 0 unspecified atom stereocenters. The molecule has 3 heterocycles. The molecule has 22 heavy (non-hydrogen) atoms. The van der Waals surface area contributed by atoms with Crippen molar-refractivity contribution in [1.82, 2.24) is 19.5 Å². The third-order valence-corrected chi connectivity index (χ3v) is 3.59. The molecular formula is C17H12N4O. The van der Waals surface area contributed by atoms with Crippen LogP contribution in [0.5, 0.6) is 0 Å². The van der Waals surface area contributed by atoms with Crippen molar-refractivity contribution >= 4 is 11.0 Å². The second kappa shape index (κ2) is 4.96. The molecular weight excluding hydrogens is 276 g/mol. The van der Waals surface area contributed by atoms with Gasteiger partial charge >= 0.3 is 0 Å². The Hall–Kier alpha value is -3.21. The fourth-order valence-corrected chi connectivity index (χ4v) is 2.59. The minimum atomic E-state index is -0.163. The highest BCUT2D eigenvalue weighted by Crippen LogP contribution is 2.28. The van der Waals surface area contributed by atoms with Crippen molar-refractivity contribution in [3.8, 4) is 16.8 Å². The number of nitrogens with zero attached hydrogens (tertiary/aromatic N) is 3. The van der Waals surface area contributed by atoms with Crippen LogP contribution in [0.25, 0.3) is 27.8 Å². The van der Waals surface area contributed by atoms with Crippen LogP contribution in [0.15, 0.2) is 72.2 Å². The first-order chi connectivity index (χ1) is 10.8. The SMILES string of the molecule is O=c1[nH]cnc2c(-c3cccnc3)cn(-c3ccccc3)c12. The summed E-state index contributed by atoms with van der Waals surface area (Å²) in [6.45, 7) is 0. The molecule has 0 bridgehead atoms. The number of fused-ring (bicyclic) bond motifs is 1. The topological polar surface area (TPSA) is 63.6 Å². The summed E-state index contributed by atoms with van der Waals surface area (Å²) in [5, 5.41) is 0. The van der Waals surface area contributed by atoms with Crippen molar-refractivity contribution in [2.45, 2.75) is 0 Å². The molecule has 106 valence electrons. The second-order valence-electron chi connectivity index (χ2n) is 4.92. The Morgan fingerprint density at radius 3 is 2.68 bits per heavy atom. The highest BCUT2D eigenvalue weighted by atomic mass is 16.1.